The molecule has 1 aromatic heterocycles. The van der Waals surface area contributed by atoms with Gasteiger partial charge in [0.1, 0.15) is 0 Å². The van der Waals surface area contributed by atoms with Crippen LogP contribution in [0.1, 0.15) is 6.92 Å². The number of methoxy groups -OCH3 is 1. The third-order valence-electron chi connectivity index (χ3n) is 2.97. The van der Waals surface area contributed by atoms with Gasteiger partial charge in [0, 0.05) is 43.2 Å². The molecule has 1 N–H and O–H groups in total. The largest absolute Gasteiger partial charge is 0.382 e. The molecule has 0 saturated heterocycles. The topological polar surface area (TPSA) is 77.3 Å². The Morgan fingerprint density at radius 1 is 1.42 bits per heavy atom. The minimum absolute atomic E-state index is 0.0621. The number of nitrogens with one attached hydrogen (secondary N) is 1. The predicted molar refractivity (Wildman–Crippen MR) is 73.4 cm³/mol. The Labute approximate surface area is 110 Å². The van der Waals surface area contributed by atoms with Crippen LogP contribution in [0, 0.1) is 10.1 Å². The van der Waals surface area contributed by atoms with Crippen LogP contribution in [0.5, 0.6) is 0 Å². The van der Waals surface area contributed by atoms with Crippen molar-refractivity contribution in [2.75, 3.05) is 19.0 Å². The average Bonchev–Trinajstić information content (AvgIpc) is 2.43. The highest BCUT2D eigenvalue weighted by Gasteiger charge is 2.14. The summed E-state index contributed by atoms with van der Waals surface area (Å²) in [5.41, 5.74) is 0.903. The molecule has 0 aliphatic heterocycles. The highest BCUT2D eigenvalue weighted by molar-refractivity contribution is 5.99. The summed E-state index contributed by atoms with van der Waals surface area (Å²) in [6.07, 6.45) is 3.20. The van der Waals surface area contributed by atoms with Crippen LogP contribution in [0.15, 0.2) is 30.6 Å². The van der Waals surface area contributed by atoms with Gasteiger partial charge in [-0.2, -0.15) is 0 Å². The second-order valence-corrected chi connectivity index (χ2v) is 4.24. The van der Waals surface area contributed by atoms with E-state index in [1.807, 2.05) is 6.92 Å². The van der Waals surface area contributed by atoms with Crippen LogP contribution in [0.4, 0.5) is 11.4 Å². The molecule has 6 heteroatoms. The lowest BCUT2D eigenvalue weighted by Gasteiger charge is -2.13. The van der Waals surface area contributed by atoms with E-state index in [1.54, 1.807) is 25.4 Å². The minimum atomic E-state index is -0.397. The number of aromatic nitrogens is 1. The van der Waals surface area contributed by atoms with E-state index >= 15 is 0 Å². The summed E-state index contributed by atoms with van der Waals surface area (Å²) in [6.45, 7) is 2.58. The molecule has 0 aliphatic rings. The summed E-state index contributed by atoms with van der Waals surface area (Å²) in [4.78, 5) is 14.5. The van der Waals surface area contributed by atoms with E-state index in [4.69, 9.17) is 4.74 Å². The quantitative estimate of drug-likeness (QED) is 0.661. The molecule has 100 valence electrons. The van der Waals surface area contributed by atoms with Gasteiger partial charge in [0.2, 0.25) is 0 Å². The molecular weight excluding hydrogens is 246 g/mol. The number of nitrogens with zero attached hydrogens (tertiary/aromatic N) is 2. The van der Waals surface area contributed by atoms with Crippen LogP contribution in [0.25, 0.3) is 10.8 Å². The molecule has 0 radical (unpaired) electrons. The summed E-state index contributed by atoms with van der Waals surface area (Å²) in [5.74, 6) is 0. The minimum Gasteiger partial charge on any atom is -0.382 e. The predicted octanol–water partition coefficient (Wildman–Crippen LogP) is 2.59. The van der Waals surface area contributed by atoms with Crippen molar-refractivity contribution in [1.82, 2.24) is 4.98 Å². The maximum absolute atomic E-state index is 11.0. The standard InChI is InChI=1S/C13H15N3O3/c1-9(19-2)7-15-12-3-4-13(16(17)18)11-8-14-6-5-10(11)12/h3-6,8-9,15H,7H2,1-2H3. The molecule has 0 aliphatic carbocycles. The van der Waals surface area contributed by atoms with Gasteiger partial charge in [-0.05, 0) is 19.1 Å². The van der Waals surface area contributed by atoms with E-state index in [0.717, 1.165) is 11.1 Å². The fourth-order valence-electron chi connectivity index (χ4n) is 1.83. The number of hydrogen-bond acceptors (Lipinski definition) is 5. The Balaban J connectivity index is 2.41. The first kappa shape index (κ1) is 13.2. The van der Waals surface area contributed by atoms with E-state index in [-0.39, 0.29) is 11.8 Å². The molecule has 0 spiro atoms. The number of pyridine rings is 1. The second kappa shape index (κ2) is 5.62. The molecule has 1 heterocycles. The van der Waals surface area contributed by atoms with Crippen molar-refractivity contribution >= 4 is 22.1 Å². The van der Waals surface area contributed by atoms with Gasteiger partial charge in [0.25, 0.3) is 5.69 Å². The van der Waals surface area contributed by atoms with E-state index in [2.05, 4.69) is 10.3 Å². The lowest BCUT2D eigenvalue weighted by atomic mass is 10.1. The van der Waals surface area contributed by atoms with E-state index in [9.17, 15) is 10.1 Å². The van der Waals surface area contributed by atoms with Crippen LogP contribution in [0.3, 0.4) is 0 Å². The van der Waals surface area contributed by atoms with Gasteiger partial charge in [-0.25, -0.2) is 0 Å². The SMILES string of the molecule is COC(C)CNc1ccc([N+](=O)[O-])c2cnccc12. The first-order valence-electron chi connectivity index (χ1n) is 5.91. The maximum atomic E-state index is 11.0. The summed E-state index contributed by atoms with van der Waals surface area (Å²) < 4.78 is 5.16. The zero-order valence-electron chi connectivity index (χ0n) is 10.8. The Morgan fingerprint density at radius 3 is 2.89 bits per heavy atom. The Hall–Kier alpha value is -2.21. The van der Waals surface area contributed by atoms with E-state index in [0.29, 0.717) is 11.9 Å². The first-order chi connectivity index (χ1) is 9.13. The molecule has 0 fully saturated rings. The Morgan fingerprint density at radius 2 is 2.21 bits per heavy atom. The number of rotatable bonds is 5. The fraction of sp³-hybridized carbons (Fsp3) is 0.308. The third kappa shape index (κ3) is 2.79. The molecule has 19 heavy (non-hydrogen) atoms. The molecule has 6 nitrogen and oxygen atoms in total. The molecule has 0 saturated carbocycles. The van der Waals surface area contributed by atoms with Crippen LogP contribution in [-0.2, 0) is 4.74 Å². The second-order valence-electron chi connectivity index (χ2n) is 4.24. The number of benzene rings is 1. The van der Waals surface area contributed by atoms with Crippen LogP contribution in [-0.4, -0.2) is 29.7 Å². The van der Waals surface area contributed by atoms with Gasteiger partial charge in [0.05, 0.1) is 16.4 Å². The zero-order chi connectivity index (χ0) is 13.8. The fourth-order valence-corrected chi connectivity index (χ4v) is 1.83. The number of fused-ring (bicyclic) bond motifs is 1. The van der Waals surface area contributed by atoms with Gasteiger partial charge in [-0.15, -0.1) is 0 Å². The van der Waals surface area contributed by atoms with E-state index < -0.39 is 4.92 Å². The van der Waals surface area contributed by atoms with Gasteiger partial charge in [-0.3, -0.25) is 15.1 Å². The van der Waals surface area contributed by atoms with Gasteiger partial charge >= 0.3 is 0 Å². The average molecular weight is 261 g/mol. The number of nitro groups is 1. The monoisotopic (exact) mass is 261 g/mol. The van der Waals surface area contributed by atoms with E-state index in [1.165, 1.54) is 12.3 Å². The Kier molecular flexibility index (Phi) is 3.91. The number of nitro benzene ring substituents is 1. The Bertz CT molecular complexity index is 601. The molecule has 2 aromatic rings. The lowest BCUT2D eigenvalue weighted by molar-refractivity contribution is -0.383. The van der Waals surface area contributed by atoms with Crippen LogP contribution in [0.2, 0.25) is 0 Å². The molecule has 1 aromatic carbocycles. The van der Waals surface area contributed by atoms with Crippen molar-refractivity contribution in [3.63, 3.8) is 0 Å². The zero-order valence-corrected chi connectivity index (χ0v) is 10.8. The third-order valence-corrected chi connectivity index (χ3v) is 2.97. The van der Waals surface area contributed by atoms with Gasteiger partial charge in [-0.1, -0.05) is 0 Å². The highest BCUT2D eigenvalue weighted by atomic mass is 16.6. The van der Waals surface area contributed by atoms with Crippen LogP contribution >= 0.6 is 0 Å². The molecule has 2 rings (SSSR count). The summed E-state index contributed by atoms with van der Waals surface area (Å²) in [6, 6.07) is 4.97. The van der Waals surface area contributed by atoms with Crippen molar-refractivity contribution in [2.45, 2.75) is 13.0 Å². The summed E-state index contributed by atoms with van der Waals surface area (Å²) in [7, 11) is 1.64. The number of anilines is 1. The number of hydrogen-bond donors (Lipinski definition) is 1. The van der Waals surface area contributed by atoms with Crippen molar-refractivity contribution < 1.29 is 9.66 Å². The highest BCUT2D eigenvalue weighted by Crippen LogP contribution is 2.30. The summed E-state index contributed by atoms with van der Waals surface area (Å²) in [5, 5.41) is 15.5. The smallest absolute Gasteiger partial charge is 0.278 e. The van der Waals surface area contributed by atoms with Crippen molar-refractivity contribution in [3.05, 3.63) is 40.7 Å². The van der Waals surface area contributed by atoms with Gasteiger partial charge < -0.3 is 10.1 Å². The molecular formula is C13H15N3O3. The molecule has 1 unspecified atom stereocenters. The number of ether oxygens (including phenoxy) is 1. The van der Waals surface area contributed by atoms with Gasteiger partial charge in [0.15, 0.2) is 0 Å². The van der Waals surface area contributed by atoms with Crippen molar-refractivity contribution in [1.29, 1.82) is 0 Å². The summed E-state index contributed by atoms with van der Waals surface area (Å²) >= 11 is 0. The number of non-ortho nitro benzene ring substituents is 1. The molecule has 1 atom stereocenters. The normalized spacial score (nSPS) is 12.3. The maximum Gasteiger partial charge on any atom is 0.278 e. The lowest BCUT2D eigenvalue weighted by Crippen LogP contribution is -2.18. The molecule has 0 bridgehead atoms. The van der Waals surface area contributed by atoms with Crippen molar-refractivity contribution in [3.8, 4) is 0 Å². The first-order valence-corrected chi connectivity index (χ1v) is 5.91. The van der Waals surface area contributed by atoms with Crippen molar-refractivity contribution in [2.24, 2.45) is 0 Å². The van der Waals surface area contributed by atoms with Crippen LogP contribution < -0.4 is 5.32 Å². The molecule has 0 amide bonds.